The van der Waals surface area contributed by atoms with Crippen LogP contribution in [-0.2, 0) is 44.2 Å². The van der Waals surface area contributed by atoms with E-state index in [4.69, 9.17) is 9.47 Å². The first-order chi connectivity index (χ1) is 27.5. The molecule has 10 nitrogen and oxygen atoms in total. The largest absolute Gasteiger partial charge is 0.497 e. The van der Waals surface area contributed by atoms with E-state index in [2.05, 4.69) is 54.9 Å². The highest BCUT2D eigenvalue weighted by molar-refractivity contribution is 6.91. The number of carbonyl (C=O) groups excluding carboxylic acids is 3. The molecule has 4 aromatic rings. The number of fused-ring (bicyclic) bond motifs is 3. The van der Waals surface area contributed by atoms with Crippen LogP contribution in [0.4, 0.5) is 11.4 Å². The second kappa shape index (κ2) is 15.9. The van der Waals surface area contributed by atoms with Gasteiger partial charge in [-0.25, -0.2) is 0 Å². The fraction of sp³-hybridized carbons (Fsp3) is 0.413. The number of piperidine rings is 1. The van der Waals surface area contributed by atoms with Gasteiger partial charge in [0.2, 0.25) is 11.8 Å². The number of nitrogens with zero attached hydrogens (tertiary/aromatic N) is 2. The van der Waals surface area contributed by atoms with Crippen LogP contribution in [0.25, 0.3) is 0 Å². The van der Waals surface area contributed by atoms with Crippen LogP contribution in [0.1, 0.15) is 48.4 Å². The molecule has 3 amide bonds. The molecule has 4 aliphatic rings. The van der Waals surface area contributed by atoms with Gasteiger partial charge in [-0.2, -0.15) is 0 Å². The molecule has 11 heteroatoms. The fourth-order valence-corrected chi connectivity index (χ4v) is 14.2. The zero-order valence-electron chi connectivity index (χ0n) is 33.4. The number of ether oxygens (including phenoxy) is 2. The maximum absolute atomic E-state index is 15.3. The van der Waals surface area contributed by atoms with E-state index in [9.17, 15) is 14.7 Å². The molecule has 0 aliphatic carbocycles. The molecule has 4 heterocycles. The molecular weight excluding hydrogens is 733 g/mol. The molecule has 0 radical (unpaired) electrons. The van der Waals surface area contributed by atoms with Gasteiger partial charge < -0.3 is 35.0 Å². The topological polar surface area (TPSA) is 120 Å². The zero-order valence-corrected chi connectivity index (χ0v) is 34.4. The van der Waals surface area contributed by atoms with E-state index in [0.29, 0.717) is 31.7 Å². The van der Waals surface area contributed by atoms with Crippen molar-refractivity contribution in [1.29, 1.82) is 0 Å². The summed E-state index contributed by atoms with van der Waals surface area (Å²) in [6, 6.07) is 31.6. The first-order valence-electron chi connectivity index (χ1n) is 20.4. The van der Waals surface area contributed by atoms with Crippen molar-refractivity contribution in [2.75, 3.05) is 37.0 Å². The molecule has 8 rings (SSSR count). The number of aliphatic hydroxyl groups excluding tert-OH is 1. The molecule has 0 aromatic heterocycles. The van der Waals surface area contributed by atoms with Gasteiger partial charge in [-0.15, -0.1) is 0 Å². The van der Waals surface area contributed by atoms with Crippen molar-refractivity contribution in [3.05, 3.63) is 119 Å². The summed E-state index contributed by atoms with van der Waals surface area (Å²) in [6.45, 7) is 8.95. The van der Waals surface area contributed by atoms with Gasteiger partial charge in [-0.05, 0) is 78.4 Å². The van der Waals surface area contributed by atoms with Crippen LogP contribution in [0.15, 0.2) is 97.1 Å². The number of hydrogen-bond acceptors (Lipinski definition) is 7. The molecule has 298 valence electrons. The summed E-state index contributed by atoms with van der Waals surface area (Å²) in [7, 11) is -0.844. The third kappa shape index (κ3) is 7.09. The summed E-state index contributed by atoms with van der Waals surface area (Å²) in [4.78, 5) is 46.7. The molecule has 2 saturated heterocycles. The Hall–Kier alpha value is -4.81. The van der Waals surface area contributed by atoms with Crippen molar-refractivity contribution in [2.45, 2.75) is 82.1 Å². The first kappa shape index (κ1) is 39.0. The average Bonchev–Trinajstić information content (AvgIpc) is 3.66. The number of aliphatic hydroxyl groups is 1. The number of nitrogens with one attached hydrogen (secondary N) is 2. The van der Waals surface area contributed by atoms with E-state index in [-0.39, 0.29) is 54.2 Å². The highest BCUT2D eigenvalue weighted by atomic mass is 28.3. The zero-order chi connectivity index (χ0) is 39.9. The van der Waals surface area contributed by atoms with E-state index in [0.717, 1.165) is 53.1 Å². The lowest BCUT2D eigenvalue weighted by molar-refractivity contribution is -0.151. The van der Waals surface area contributed by atoms with Crippen molar-refractivity contribution >= 4 is 42.4 Å². The Balaban J connectivity index is 1.13. The summed E-state index contributed by atoms with van der Waals surface area (Å²) in [6.07, 6.45) is 1.96. The van der Waals surface area contributed by atoms with E-state index in [1.807, 2.05) is 82.6 Å². The minimum atomic E-state index is -2.50. The second-order valence-electron chi connectivity index (χ2n) is 16.8. The molecule has 1 spiro atoms. The Morgan fingerprint density at radius 2 is 1.75 bits per heavy atom. The molecular formula is C46H54N4O6Si. The van der Waals surface area contributed by atoms with E-state index < -0.39 is 19.8 Å². The lowest BCUT2D eigenvalue weighted by Gasteiger charge is -2.39. The number of carbonyl (C=O) groups is 3. The van der Waals surface area contributed by atoms with Gasteiger partial charge in [0.1, 0.15) is 5.75 Å². The van der Waals surface area contributed by atoms with Crippen molar-refractivity contribution < 1.29 is 29.0 Å². The lowest BCUT2D eigenvalue weighted by atomic mass is 9.82. The van der Waals surface area contributed by atoms with Gasteiger partial charge in [0, 0.05) is 30.3 Å². The Kier molecular flexibility index (Phi) is 10.9. The van der Waals surface area contributed by atoms with E-state index in [1.165, 1.54) is 5.19 Å². The minimum absolute atomic E-state index is 0.00317. The number of anilines is 2. The van der Waals surface area contributed by atoms with Gasteiger partial charge in [0.25, 0.3) is 5.91 Å². The Morgan fingerprint density at radius 1 is 1.00 bits per heavy atom. The summed E-state index contributed by atoms with van der Waals surface area (Å²) in [5, 5.41) is 18.1. The molecule has 4 aromatic carbocycles. The van der Waals surface area contributed by atoms with Crippen LogP contribution in [0.2, 0.25) is 18.6 Å². The van der Waals surface area contributed by atoms with E-state index in [1.54, 1.807) is 7.11 Å². The molecule has 3 N–H and O–H groups in total. The summed E-state index contributed by atoms with van der Waals surface area (Å²) in [5.74, 6) is 0.202. The van der Waals surface area contributed by atoms with Crippen molar-refractivity contribution in [3.8, 4) is 5.75 Å². The molecule has 1 unspecified atom stereocenters. The molecule has 0 bridgehead atoms. The summed E-state index contributed by atoms with van der Waals surface area (Å²) >= 11 is 0. The second-order valence-corrected chi connectivity index (χ2v) is 21.5. The van der Waals surface area contributed by atoms with Gasteiger partial charge in [-0.1, -0.05) is 91.9 Å². The van der Waals surface area contributed by atoms with Crippen LogP contribution in [0, 0.1) is 11.8 Å². The Bertz CT molecular complexity index is 2140. The number of benzene rings is 4. The maximum Gasteiger partial charge on any atom is 0.264 e. The molecule has 57 heavy (non-hydrogen) atoms. The number of hydrogen-bond donors (Lipinski definition) is 3. The normalized spacial score (nSPS) is 25.6. The van der Waals surface area contributed by atoms with Crippen LogP contribution < -0.4 is 25.5 Å². The number of amides is 3. The van der Waals surface area contributed by atoms with Gasteiger partial charge in [-0.3, -0.25) is 14.4 Å². The first-order valence-corrected chi connectivity index (χ1v) is 23.4. The van der Waals surface area contributed by atoms with Crippen molar-refractivity contribution in [3.63, 3.8) is 0 Å². The number of para-hydroxylation sites is 1. The predicted molar refractivity (Wildman–Crippen MR) is 224 cm³/mol. The Labute approximate surface area is 336 Å². The molecule has 0 saturated carbocycles. The maximum atomic E-state index is 15.3. The monoisotopic (exact) mass is 786 g/mol. The predicted octanol–water partition coefficient (Wildman–Crippen LogP) is 5.73. The van der Waals surface area contributed by atoms with Gasteiger partial charge >= 0.3 is 0 Å². The third-order valence-electron chi connectivity index (χ3n) is 13.2. The fourth-order valence-electron chi connectivity index (χ4n) is 10.2. The minimum Gasteiger partial charge on any atom is -0.497 e. The Morgan fingerprint density at radius 3 is 2.49 bits per heavy atom. The standard InChI is InChI=1S/C46H54N4O6Si/c1-30-43(57(3,4)38-20-18-37(55-2)19-21-38)41(25-42(52)49-28-34-13-6-5-12-32(34)24-36(49)29-51)56-46(30)39-16-7-8-17-40(39)50(45(46)54)27-31-11-9-15-35(23-31)48-44(53)33-14-10-22-47-26-33/h5-9,11-13,15-21,23,30,33,36,41,43,47,51H,10,14,22,24-29H2,1-4H3,(H,48,53)/t30-,33?,36-,41+,43-,46+/m0/s1. The highest BCUT2D eigenvalue weighted by Crippen LogP contribution is 2.60. The van der Waals surface area contributed by atoms with Gasteiger partial charge in [0.15, 0.2) is 5.60 Å². The molecule has 2 fully saturated rings. The average molecular weight is 787 g/mol. The van der Waals surface area contributed by atoms with Crippen LogP contribution >= 0.6 is 0 Å². The SMILES string of the molecule is COc1ccc([Si](C)(C)[C@@H]2[C@@H](CC(=O)N3Cc4ccccc4C[C@H]3CO)O[C@]3(C(=O)N(Cc4cccc(NC(=O)C5CCCNC5)c4)c4ccccc43)[C@H]2C)cc1. The van der Waals surface area contributed by atoms with Crippen LogP contribution in [-0.4, -0.2) is 74.8 Å². The summed E-state index contributed by atoms with van der Waals surface area (Å²) < 4.78 is 12.8. The highest BCUT2D eigenvalue weighted by Gasteiger charge is 2.66. The number of methoxy groups -OCH3 is 1. The van der Waals surface area contributed by atoms with Crippen molar-refractivity contribution in [1.82, 2.24) is 10.2 Å². The number of rotatable bonds is 10. The molecule has 4 aliphatic heterocycles. The summed E-state index contributed by atoms with van der Waals surface area (Å²) in [5.41, 5.74) is 4.00. The van der Waals surface area contributed by atoms with E-state index >= 15 is 4.79 Å². The third-order valence-corrected chi connectivity index (χ3v) is 17.6. The quantitative estimate of drug-likeness (QED) is 0.176. The lowest BCUT2D eigenvalue weighted by Crippen LogP contribution is -2.52. The van der Waals surface area contributed by atoms with Crippen molar-refractivity contribution in [2.24, 2.45) is 11.8 Å². The van der Waals surface area contributed by atoms with Gasteiger partial charge in [0.05, 0.1) is 58.5 Å². The van der Waals surface area contributed by atoms with Crippen LogP contribution in [0.5, 0.6) is 5.75 Å². The van der Waals surface area contributed by atoms with Crippen LogP contribution in [0.3, 0.4) is 0 Å². The smallest absolute Gasteiger partial charge is 0.264 e. The molecule has 6 atom stereocenters.